The van der Waals surface area contributed by atoms with Crippen molar-refractivity contribution in [2.45, 2.75) is 116 Å². The van der Waals surface area contributed by atoms with Crippen molar-refractivity contribution in [1.29, 1.82) is 0 Å². The maximum absolute atomic E-state index is 13.2. The molecule has 1 unspecified atom stereocenters. The predicted octanol–water partition coefficient (Wildman–Crippen LogP) is 8.64. The monoisotopic (exact) mass is 812 g/mol. The quantitative estimate of drug-likeness (QED) is 0.0677. The third-order valence-electron chi connectivity index (χ3n) is 11.6. The molecule has 60 heavy (non-hydrogen) atoms. The van der Waals surface area contributed by atoms with E-state index < -0.39 is 60.9 Å². The highest BCUT2D eigenvalue weighted by Gasteiger charge is 2.54. The first kappa shape index (κ1) is 43.4. The fraction of sp³-hybridized carbons (Fsp3) is 0.380. The number of aryl methyl sites for hydroxylation is 1. The Bertz CT molecular complexity index is 2080. The lowest BCUT2D eigenvalue weighted by Gasteiger charge is -2.48. The first-order valence-corrected chi connectivity index (χ1v) is 20.8. The average molecular weight is 813 g/mol. The van der Waals surface area contributed by atoms with Gasteiger partial charge in [0.05, 0.1) is 44.2 Å². The van der Waals surface area contributed by atoms with Gasteiger partial charge in [-0.3, -0.25) is 4.79 Å². The molecular weight excluding hydrogens is 755 g/mol. The van der Waals surface area contributed by atoms with Gasteiger partial charge in [-0.2, -0.15) is 0 Å². The van der Waals surface area contributed by atoms with E-state index in [4.69, 9.17) is 37.7 Å². The second-order valence-electron chi connectivity index (χ2n) is 16.7. The van der Waals surface area contributed by atoms with Crippen molar-refractivity contribution in [2.24, 2.45) is 0 Å². The minimum atomic E-state index is -0.898. The maximum atomic E-state index is 13.2. The van der Waals surface area contributed by atoms with Crippen LogP contribution in [0.1, 0.15) is 74.1 Å². The Labute approximate surface area is 355 Å². The Balaban J connectivity index is 1.29. The van der Waals surface area contributed by atoms with E-state index >= 15 is 0 Å². The molecule has 0 spiro atoms. The molecule has 2 aliphatic rings. The molecule has 0 N–H and O–H groups in total. The van der Waals surface area contributed by atoms with Crippen LogP contribution < -0.4 is 5.46 Å². The van der Waals surface area contributed by atoms with Gasteiger partial charge < -0.3 is 37.7 Å². The van der Waals surface area contributed by atoms with Crippen molar-refractivity contribution in [3.63, 3.8) is 0 Å². The zero-order chi connectivity index (χ0) is 42.1. The summed E-state index contributed by atoms with van der Waals surface area (Å²) in [6.07, 6.45) is -4.50. The molecule has 0 radical (unpaired) electrons. The van der Waals surface area contributed by atoms with E-state index in [0.717, 1.165) is 38.8 Å². The van der Waals surface area contributed by atoms with Gasteiger partial charge in [0.15, 0.2) is 6.10 Å². The first-order chi connectivity index (χ1) is 29.0. The van der Waals surface area contributed by atoms with Crippen LogP contribution >= 0.6 is 0 Å². The average Bonchev–Trinajstić information content (AvgIpc) is 3.47. The third-order valence-corrected chi connectivity index (χ3v) is 11.6. The van der Waals surface area contributed by atoms with Crippen molar-refractivity contribution in [3.05, 3.63) is 173 Å². The molecule has 9 nitrogen and oxygen atoms in total. The van der Waals surface area contributed by atoms with Gasteiger partial charge in [0, 0.05) is 6.92 Å². The van der Waals surface area contributed by atoms with Crippen LogP contribution in [0.3, 0.4) is 0 Å². The third kappa shape index (κ3) is 10.8. The molecule has 2 aliphatic heterocycles. The van der Waals surface area contributed by atoms with Gasteiger partial charge >= 0.3 is 13.1 Å². The van der Waals surface area contributed by atoms with Gasteiger partial charge in [-0.05, 0) is 73.5 Å². The lowest BCUT2D eigenvalue weighted by Crippen LogP contribution is -2.62. The van der Waals surface area contributed by atoms with Crippen LogP contribution in [-0.2, 0) is 69.0 Å². The molecule has 2 saturated heterocycles. The smallest absolute Gasteiger partial charge is 0.455 e. The Morgan fingerprint density at radius 3 is 1.53 bits per heavy atom. The molecule has 0 aliphatic carbocycles. The number of hydrogen-bond donors (Lipinski definition) is 0. The number of carbonyl (C=O) groups excluding carboxylic acids is 1. The number of rotatable bonds is 17. The Kier molecular flexibility index (Phi) is 14.4. The highest BCUT2D eigenvalue weighted by Crippen LogP contribution is 2.40. The van der Waals surface area contributed by atoms with Gasteiger partial charge in [-0.1, -0.05) is 140 Å². The molecule has 2 fully saturated rings. The molecule has 2 heterocycles. The predicted molar refractivity (Wildman–Crippen MR) is 231 cm³/mol. The van der Waals surface area contributed by atoms with Crippen molar-refractivity contribution < 1.29 is 42.5 Å². The molecule has 0 amide bonds. The number of ether oxygens (including phenoxy) is 6. The van der Waals surface area contributed by atoms with E-state index in [0.29, 0.717) is 13.2 Å². The molecule has 10 heteroatoms. The number of benzene rings is 5. The van der Waals surface area contributed by atoms with Crippen LogP contribution in [0.4, 0.5) is 0 Å². The topological polar surface area (TPSA) is 90.9 Å². The standard InChI is InChI=1S/C50H57BO9/c1-35-29-41(51-59-49(3,4)50(5,6)60-51)27-28-42(35)44(57-36(2)52)48-47(56-33-40-25-17-10-18-26-40)46(55-32-39-23-15-9-16-24-39)45(54-31-38-21-13-8-14-22-38)43(58-48)34-53-30-37-19-11-7-12-20-37/h7-29,43-48H,30-34H2,1-6H3/t43-,44?,45-,46+,47+,48-/m1/s1. The fourth-order valence-electron chi connectivity index (χ4n) is 7.70. The molecule has 7 rings (SSSR count). The van der Waals surface area contributed by atoms with E-state index in [9.17, 15) is 4.79 Å². The van der Waals surface area contributed by atoms with Crippen LogP contribution in [0.5, 0.6) is 0 Å². The fourth-order valence-corrected chi connectivity index (χ4v) is 7.70. The van der Waals surface area contributed by atoms with E-state index in [1.807, 2.05) is 174 Å². The molecule has 0 saturated carbocycles. The number of esters is 1. The summed E-state index contributed by atoms with van der Waals surface area (Å²) in [7, 11) is -0.563. The van der Waals surface area contributed by atoms with Crippen molar-refractivity contribution in [3.8, 4) is 0 Å². The van der Waals surface area contributed by atoms with E-state index in [-0.39, 0.29) is 19.8 Å². The Hall–Kier alpha value is -4.65. The van der Waals surface area contributed by atoms with Crippen LogP contribution in [0.15, 0.2) is 140 Å². The highest BCUT2D eigenvalue weighted by molar-refractivity contribution is 6.62. The summed E-state index contributed by atoms with van der Waals surface area (Å²) >= 11 is 0. The van der Waals surface area contributed by atoms with Crippen LogP contribution in [-0.4, -0.2) is 61.4 Å². The summed E-state index contributed by atoms with van der Waals surface area (Å²) < 4.78 is 53.6. The van der Waals surface area contributed by atoms with Crippen molar-refractivity contribution >= 4 is 18.6 Å². The Morgan fingerprint density at radius 2 is 1.07 bits per heavy atom. The zero-order valence-corrected chi connectivity index (χ0v) is 35.5. The first-order valence-electron chi connectivity index (χ1n) is 20.8. The van der Waals surface area contributed by atoms with Crippen molar-refractivity contribution in [2.75, 3.05) is 6.61 Å². The van der Waals surface area contributed by atoms with Gasteiger partial charge in [-0.25, -0.2) is 0 Å². The largest absolute Gasteiger partial charge is 0.494 e. The molecular formula is C50H57BO9. The summed E-state index contributed by atoms with van der Waals surface area (Å²) in [5.74, 6) is -0.457. The Morgan fingerprint density at radius 1 is 0.617 bits per heavy atom. The molecule has 0 aromatic heterocycles. The van der Waals surface area contributed by atoms with E-state index in [2.05, 4.69) is 0 Å². The second kappa shape index (κ2) is 19.8. The van der Waals surface area contributed by atoms with E-state index in [1.54, 1.807) is 0 Å². The molecule has 6 atom stereocenters. The van der Waals surface area contributed by atoms with Crippen LogP contribution in [0.25, 0.3) is 0 Å². The summed E-state index contributed by atoms with van der Waals surface area (Å²) in [5.41, 5.74) is 5.49. The lowest BCUT2D eigenvalue weighted by molar-refractivity contribution is -0.289. The number of carbonyl (C=O) groups is 1. The zero-order valence-electron chi connectivity index (χ0n) is 35.5. The summed E-state index contributed by atoms with van der Waals surface area (Å²) in [5, 5.41) is 0. The van der Waals surface area contributed by atoms with E-state index in [1.165, 1.54) is 6.92 Å². The summed E-state index contributed by atoms with van der Waals surface area (Å²) in [6.45, 7) is 12.9. The lowest BCUT2D eigenvalue weighted by atomic mass is 9.77. The van der Waals surface area contributed by atoms with Crippen LogP contribution in [0, 0.1) is 6.92 Å². The van der Waals surface area contributed by atoms with Gasteiger partial charge in [0.25, 0.3) is 0 Å². The van der Waals surface area contributed by atoms with Crippen LogP contribution in [0.2, 0.25) is 0 Å². The molecule has 0 bridgehead atoms. The molecule has 314 valence electrons. The van der Waals surface area contributed by atoms with Gasteiger partial charge in [0.2, 0.25) is 0 Å². The normalized spacial score (nSPS) is 22.6. The minimum Gasteiger partial charge on any atom is -0.455 e. The maximum Gasteiger partial charge on any atom is 0.494 e. The number of hydrogen-bond acceptors (Lipinski definition) is 9. The second-order valence-corrected chi connectivity index (χ2v) is 16.7. The van der Waals surface area contributed by atoms with Gasteiger partial charge in [-0.15, -0.1) is 0 Å². The highest BCUT2D eigenvalue weighted by atomic mass is 16.7. The summed E-state index contributed by atoms with van der Waals surface area (Å²) in [4.78, 5) is 13.2. The molecule has 5 aromatic carbocycles. The minimum absolute atomic E-state index is 0.175. The SMILES string of the molecule is CC(=O)OC(c1ccc(B2OC(C)(C)C(C)(C)O2)cc1C)[C@H]1O[C@H](COCc2ccccc2)[C@@H](OCc2ccccc2)[C@H](OCc2ccccc2)[C@@H]1OCc1ccccc1. The van der Waals surface area contributed by atoms with Gasteiger partial charge in [0.1, 0.15) is 30.5 Å². The molecule has 5 aromatic rings. The van der Waals surface area contributed by atoms with Crippen molar-refractivity contribution in [1.82, 2.24) is 0 Å². The summed E-state index contributed by atoms with van der Waals surface area (Å²) in [6, 6.07) is 46.0.